The lowest BCUT2D eigenvalue weighted by Gasteiger charge is -2.18. The number of hydrogen-bond acceptors (Lipinski definition) is 3. The van der Waals surface area contributed by atoms with Crippen molar-refractivity contribution in [1.29, 1.82) is 0 Å². The Morgan fingerprint density at radius 1 is 1.24 bits per heavy atom. The minimum atomic E-state index is -5.03. The third-order valence-corrected chi connectivity index (χ3v) is 4.16. The van der Waals surface area contributed by atoms with E-state index in [9.17, 15) is 34.7 Å². The number of rotatable bonds is 2. The summed E-state index contributed by atoms with van der Waals surface area (Å²) in [4.78, 5) is 12.1. The highest BCUT2D eigenvalue weighted by Crippen LogP contribution is 2.35. The zero-order valence-electron chi connectivity index (χ0n) is 10.2. The van der Waals surface area contributed by atoms with Gasteiger partial charge in [-0.3, -0.25) is 4.79 Å². The van der Waals surface area contributed by atoms with Crippen molar-refractivity contribution in [3.63, 3.8) is 0 Å². The number of carbonyl (C=O) groups excluding carboxylic acids is 1. The quantitative estimate of drug-likeness (QED) is 0.618. The summed E-state index contributed by atoms with van der Waals surface area (Å²) >= 11 is 0. The van der Waals surface area contributed by atoms with Crippen LogP contribution >= 0.6 is 0 Å². The fraction of sp³-hybridized carbons (Fsp3) is 0.364. The summed E-state index contributed by atoms with van der Waals surface area (Å²) in [6, 6.07) is 1.39. The van der Waals surface area contributed by atoms with Gasteiger partial charge in [-0.15, -0.1) is 3.89 Å². The SMILES string of the molecule is O=C1CC(S(=O)(=O)F)CN1c1cc(C(F)(F)F)ccc1F. The predicted octanol–water partition coefficient (Wildman–Crippen LogP) is 2.25. The minimum Gasteiger partial charge on any atom is -0.308 e. The first-order valence-electron chi connectivity index (χ1n) is 5.60. The highest BCUT2D eigenvalue weighted by Gasteiger charge is 2.41. The molecule has 2 rings (SSSR count). The van der Waals surface area contributed by atoms with Gasteiger partial charge in [0, 0.05) is 13.0 Å². The molecular formula is C11H8F5NO3S. The topological polar surface area (TPSA) is 54.5 Å². The van der Waals surface area contributed by atoms with Gasteiger partial charge in [-0.2, -0.15) is 21.6 Å². The molecule has 1 aliphatic rings. The van der Waals surface area contributed by atoms with Crippen LogP contribution in [-0.4, -0.2) is 26.1 Å². The number of carbonyl (C=O) groups is 1. The first-order valence-corrected chi connectivity index (χ1v) is 7.05. The second-order valence-electron chi connectivity index (χ2n) is 4.47. The van der Waals surface area contributed by atoms with Gasteiger partial charge in [0.05, 0.1) is 11.3 Å². The second kappa shape index (κ2) is 4.93. The molecule has 116 valence electrons. The molecule has 21 heavy (non-hydrogen) atoms. The van der Waals surface area contributed by atoms with E-state index < -0.39 is 57.6 Å². The van der Waals surface area contributed by atoms with Crippen molar-refractivity contribution in [2.75, 3.05) is 11.4 Å². The third-order valence-electron chi connectivity index (χ3n) is 3.05. The van der Waals surface area contributed by atoms with Crippen molar-refractivity contribution in [3.05, 3.63) is 29.6 Å². The molecule has 10 heteroatoms. The lowest BCUT2D eigenvalue weighted by atomic mass is 10.1. The van der Waals surface area contributed by atoms with Crippen LogP contribution in [0, 0.1) is 5.82 Å². The van der Waals surface area contributed by atoms with Gasteiger partial charge in [-0.1, -0.05) is 0 Å². The molecular weight excluding hydrogens is 321 g/mol. The Morgan fingerprint density at radius 2 is 1.86 bits per heavy atom. The lowest BCUT2D eigenvalue weighted by Crippen LogP contribution is -2.28. The average Bonchev–Trinajstić information content (AvgIpc) is 2.70. The molecule has 0 aliphatic carbocycles. The molecule has 0 spiro atoms. The summed E-state index contributed by atoms with van der Waals surface area (Å²) < 4.78 is 85.6. The maximum atomic E-state index is 13.6. The molecule has 0 aromatic heterocycles. The number of alkyl halides is 3. The van der Waals surface area contributed by atoms with E-state index in [0.717, 1.165) is 0 Å². The van der Waals surface area contributed by atoms with E-state index in [0.29, 0.717) is 23.1 Å². The first kappa shape index (κ1) is 15.7. The van der Waals surface area contributed by atoms with Gasteiger partial charge in [0.25, 0.3) is 0 Å². The molecule has 0 N–H and O–H groups in total. The molecule has 1 heterocycles. The van der Waals surface area contributed by atoms with Gasteiger partial charge in [0.1, 0.15) is 11.1 Å². The van der Waals surface area contributed by atoms with Gasteiger partial charge >= 0.3 is 16.4 Å². The standard InChI is InChI=1S/C11H8F5NO3S/c12-8-2-1-6(11(13,14)15)3-9(8)17-5-7(4-10(17)18)21(16,19)20/h1-3,7H,4-5H2. The summed E-state index contributed by atoms with van der Waals surface area (Å²) in [6.07, 6.45) is -5.49. The van der Waals surface area contributed by atoms with Crippen molar-refractivity contribution in [2.24, 2.45) is 0 Å². The van der Waals surface area contributed by atoms with Crippen molar-refractivity contribution in [1.82, 2.24) is 0 Å². The predicted molar refractivity (Wildman–Crippen MR) is 62.2 cm³/mol. The Bertz CT molecular complexity index is 686. The molecule has 4 nitrogen and oxygen atoms in total. The highest BCUT2D eigenvalue weighted by molar-refractivity contribution is 7.87. The van der Waals surface area contributed by atoms with Crippen LogP contribution in [0.5, 0.6) is 0 Å². The third kappa shape index (κ3) is 3.14. The van der Waals surface area contributed by atoms with Crippen molar-refractivity contribution < 1.29 is 34.7 Å². The number of hydrogen-bond donors (Lipinski definition) is 0. The van der Waals surface area contributed by atoms with Gasteiger partial charge < -0.3 is 4.90 Å². The lowest BCUT2D eigenvalue weighted by molar-refractivity contribution is -0.137. The number of nitrogens with zero attached hydrogens (tertiary/aromatic N) is 1. The molecule has 1 aromatic carbocycles. The van der Waals surface area contributed by atoms with E-state index in [4.69, 9.17) is 0 Å². The summed E-state index contributed by atoms with van der Waals surface area (Å²) in [6.45, 7) is -0.726. The molecule has 1 atom stereocenters. The van der Waals surface area contributed by atoms with Crippen LogP contribution < -0.4 is 4.90 Å². The van der Waals surface area contributed by atoms with Crippen LogP contribution in [0.3, 0.4) is 0 Å². The fourth-order valence-electron chi connectivity index (χ4n) is 1.99. The van der Waals surface area contributed by atoms with Gasteiger partial charge in [-0.25, -0.2) is 4.39 Å². The Hall–Kier alpha value is -1.71. The molecule has 1 fully saturated rings. The Labute approximate surface area is 116 Å². The summed E-state index contributed by atoms with van der Waals surface area (Å²) in [5, 5.41) is -1.71. The van der Waals surface area contributed by atoms with Crippen LogP contribution in [0.1, 0.15) is 12.0 Å². The molecule has 1 aliphatic heterocycles. The van der Waals surface area contributed by atoms with E-state index in [1.165, 1.54) is 0 Å². The molecule has 0 saturated carbocycles. The van der Waals surface area contributed by atoms with E-state index >= 15 is 0 Å². The van der Waals surface area contributed by atoms with Gasteiger partial charge in [0.2, 0.25) is 5.91 Å². The number of halogens is 5. The Kier molecular flexibility index (Phi) is 3.68. The zero-order chi connectivity index (χ0) is 16.0. The smallest absolute Gasteiger partial charge is 0.308 e. The van der Waals surface area contributed by atoms with E-state index in [2.05, 4.69) is 0 Å². The minimum absolute atomic E-state index is 0.389. The number of amides is 1. The Morgan fingerprint density at radius 3 is 2.33 bits per heavy atom. The second-order valence-corrected chi connectivity index (χ2v) is 6.09. The Balaban J connectivity index is 2.41. The van der Waals surface area contributed by atoms with Crippen LogP contribution in [0.15, 0.2) is 18.2 Å². The van der Waals surface area contributed by atoms with Crippen LogP contribution in [0.4, 0.5) is 27.1 Å². The number of benzene rings is 1. The molecule has 1 saturated heterocycles. The van der Waals surface area contributed by atoms with E-state index in [1.54, 1.807) is 0 Å². The summed E-state index contributed by atoms with van der Waals surface area (Å²) in [5.41, 5.74) is -1.92. The number of anilines is 1. The van der Waals surface area contributed by atoms with Crippen molar-refractivity contribution >= 4 is 21.8 Å². The molecule has 1 aromatic rings. The van der Waals surface area contributed by atoms with E-state index in [1.807, 2.05) is 0 Å². The largest absolute Gasteiger partial charge is 0.416 e. The van der Waals surface area contributed by atoms with Crippen molar-refractivity contribution in [3.8, 4) is 0 Å². The molecule has 0 radical (unpaired) electrons. The highest BCUT2D eigenvalue weighted by atomic mass is 32.3. The summed E-state index contributed by atoms with van der Waals surface area (Å²) in [5.74, 6) is -2.09. The molecule has 1 amide bonds. The maximum Gasteiger partial charge on any atom is 0.416 e. The first-order chi connectivity index (χ1) is 9.50. The maximum absolute atomic E-state index is 13.6. The normalized spacial score (nSPS) is 20.1. The fourth-order valence-corrected chi connectivity index (χ4v) is 2.66. The molecule has 1 unspecified atom stereocenters. The van der Waals surface area contributed by atoms with Crippen molar-refractivity contribution in [2.45, 2.75) is 17.8 Å². The van der Waals surface area contributed by atoms with Gasteiger partial charge in [0.15, 0.2) is 0 Å². The average molecular weight is 329 g/mol. The van der Waals surface area contributed by atoms with Crippen LogP contribution in [0.25, 0.3) is 0 Å². The molecule has 0 bridgehead atoms. The zero-order valence-corrected chi connectivity index (χ0v) is 11.0. The van der Waals surface area contributed by atoms with Gasteiger partial charge in [-0.05, 0) is 18.2 Å². The van der Waals surface area contributed by atoms with Crippen LogP contribution in [0.2, 0.25) is 0 Å². The van der Waals surface area contributed by atoms with E-state index in [-0.39, 0.29) is 0 Å². The van der Waals surface area contributed by atoms with Crippen LogP contribution in [-0.2, 0) is 21.2 Å². The summed E-state index contributed by atoms with van der Waals surface area (Å²) in [7, 11) is -5.03. The monoisotopic (exact) mass is 329 g/mol.